The van der Waals surface area contributed by atoms with E-state index in [1.807, 2.05) is 6.08 Å². The summed E-state index contributed by atoms with van der Waals surface area (Å²) in [5, 5.41) is 21.4. The van der Waals surface area contributed by atoms with Gasteiger partial charge in [-0.2, -0.15) is 0 Å². The molecule has 246 valence electrons. The monoisotopic (exact) mass is 693 g/mol. The lowest BCUT2D eigenvalue weighted by Crippen LogP contribution is -2.48. The number of phenolic OH excluding ortho intramolecular Hbond substituents is 1. The number of methoxy groups -OCH3 is 1. The normalized spacial score (nSPS) is 27.9. The Kier molecular flexibility index (Phi) is 7.37. The number of amides is 4. The molecule has 1 saturated carbocycles. The number of nitro groups is 1. The van der Waals surface area contributed by atoms with E-state index in [1.54, 1.807) is 6.92 Å². The number of carbonyl (C=O) groups is 4. The highest BCUT2D eigenvalue weighted by atomic mass is 35.5. The van der Waals surface area contributed by atoms with Crippen LogP contribution in [0.1, 0.15) is 31.2 Å². The van der Waals surface area contributed by atoms with Gasteiger partial charge in [0.2, 0.25) is 23.6 Å². The van der Waals surface area contributed by atoms with Gasteiger partial charge in [0.1, 0.15) is 5.82 Å². The van der Waals surface area contributed by atoms with E-state index in [2.05, 4.69) is 0 Å². The Morgan fingerprint density at radius 1 is 0.938 bits per heavy atom. The van der Waals surface area contributed by atoms with Gasteiger partial charge in [0.15, 0.2) is 11.5 Å². The van der Waals surface area contributed by atoms with Crippen LogP contribution in [0.2, 0.25) is 10.0 Å². The average molecular weight is 694 g/mol. The molecule has 6 atom stereocenters. The fourth-order valence-electron chi connectivity index (χ4n) is 8.16. The van der Waals surface area contributed by atoms with Gasteiger partial charge in [-0.3, -0.25) is 34.2 Å². The van der Waals surface area contributed by atoms with Crippen LogP contribution in [0.25, 0.3) is 0 Å². The first-order valence-corrected chi connectivity index (χ1v) is 15.8. The molecule has 0 spiro atoms. The third-order valence-corrected chi connectivity index (χ3v) is 10.9. The number of halogens is 3. The molecule has 2 saturated heterocycles. The lowest BCUT2D eigenvalue weighted by atomic mass is 9.51. The Bertz CT molecular complexity index is 2000. The lowest BCUT2D eigenvalue weighted by Gasteiger charge is -2.49. The molecule has 0 bridgehead atoms. The van der Waals surface area contributed by atoms with Crippen LogP contribution in [-0.4, -0.2) is 40.8 Å². The minimum absolute atomic E-state index is 0.0319. The predicted octanol–water partition coefficient (Wildman–Crippen LogP) is 6.19. The summed E-state index contributed by atoms with van der Waals surface area (Å²) in [7, 11) is 1.34. The van der Waals surface area contributed by atoms with Crippen molar-refractivity contribution in [2.24, 2.45) is 29.1 Å². The number of fused-ring (bicyclic) bond motifs is 4. The Labute approximate surface area is 282 Å². The molecular formula is C34H26Cl2FN3O8. The van der Waals surface area contributed by atoms with Crippen molar-refractivity contribution >= 4 is 63.9 Å². The SMILES string of the molecule is COc1cc([C@H]2C3=CC[C@@H]4C(=O)N(c5ccc([N+](=O)[O-])cc5)C(=O)[C@@H]4[C@@H]3C[C@H]3C(=O)N(c4ccc(F)c(Cl)c4)C(=O)[C@@]23C)cc(Cl)c1O. The largest absolute Gasteiger partial charge is 0.503 e. The van der Waals surface area contributed by atoms with Gasteiger partial charge in [-0.15, -0.1) is 0 Å². The first-order chi connectivity index (χ1) is 22.8. The van der Waals surface area contributed by atoms with Gasteiger partial charge in [-0.25, -0.2) is 9.29 Å². The van der Waals surface area contributed by atoms with Gasteiger partial charge in [-0.1, -0.05) is 34.9 Å². The number of imide groups is 2. The Morgan fingerprint density at radius 3 is 2.27 bits per heavy atom. The molecular weight excluding hydrogens is 668 g/mol. The summed E-state index contributed by atoms with van der Waals surface area (Å²) in [4.78, 5) is 69.5. The zero-order valence-corrected chi connectivity index (χ0v) is 26.9. The molecule has 2 heterocycles. The second-order valence-corrected chi connectivity index (χ2v) is 13.4. The summed E-state index contributed by atoms with van der Waals surface area (Å²) in [5.41, 5.74) is -0.273. The molecule has 4 aliphatic rings. The quantitative estimate of drug-likeness (QED) is 0.144. The topological polar surface area (TPSA) is 147 Å². The second kappa shape index (κ2) is 11.1. The molecule has 4 amide bonds. The number of carbonyl (C=O) groups excluding carboxylic acids is 4. The van der Waals surface area contributed by atoms with Crippen LogP contribution in [-0.2, 0) is 19.2 Å². The molecule has 7 rings (SSSR count). The Balaban J connectivity index is 1.37. The van der Waals surface area contributed by atoms with Crippen molar-refractivity contribution in [2.75, 3.05) is 16.9 Å². The summed E-state index contributed by atoms with van der Waals surface area (Å²) in [6.45, 7) is 1.66. The van der Waals surface area contributed by atoms with Crippen molar-refractivity contribution in [1.29, 1.82) is 0 Å². The van der Waals surface area contributed by atoms with Crippen LogP contribution < -0.4 is 14.5 Å². The van der Waals surface area contributed by atoms with E-state index in [9.17, 15) is 38.8 Å². The van der Waals surface area contributed by atoms with E-state index in [0.717, 1.165) is 15.9 Å². The lowest BCUT2D eigenvalue weighted by molar-refractivity contribution is -0.384. The molecule has 0 aromatic heterocycles. The first-order valence-electron chi connectivity index (χ1n) is 15.0. The Hall–Kier alpha value is -4.81. The highest BCUT2D eigenvalue weighted by Gasteiger charge is 2.67. The maximum absolute atomic E-state index is 14.5. The molecule has 3 aromatic rings. The third-order valence-electron chi connectivity index (χ3n) is 10.4. The minimum atomic E-state index is -1.44. The van der Waals surface area contributed by atoms with Gasteiger partial charge in [-0.05, 0) is 73.7 Å². The van der Waals surface area contributed by atoms with E-state index in [1.165, 1.54) is 55.6 Å². The molecule has 14 heteroatoms. The van der Waals surface area contributed by atoms with Crippen LogP contribution in [0.5, 0.6) is 11.5 Å². The summed E-state index contributed by atoms with van der Waals surface area (Å²) in [5.74, 6) is -7.33. The highest BCUT2D eigenvalue weighted by molar-refractivity contribution is 6.32. The molecule has 0 unspecified atom stereocenters. The maximum atomic E-state index is 14.5. The molecule has 3 aromatic carbocycles. The summed E-state index contributed by atoms with van der Waals surface area (Å²) >= 11 is 12.5. The van der Waals surface area contributed by atoms with E-state index < -0.39 is 69.4 Å². The zero-order chi connectivity index (χ0) is 34.4. The molecule has 48 heavy (non-hydrogen) atoms. The fourth-order valence-corrected chi connectivity index (χ4v) is 8.55. The van der Waals surface area contributed by atoms with Crippen molar-refractivity contribution in [1.82, 2.24) is 0 Å². The van der Waals surface area contributed by atoms with Crippen molar-refractivity contribution in [3.05, 3.63) is 97.8 Å². The maximum Gasteiger partial charge on any atom is 0.269 e. The smallest absolute Gasteiger partial charge is 0.269 e. The van der Waals surface area contributed by atoms with Gasteiger partial charge >= 0.3 is 0 Å². The van der Waals surface area contributed by atoms with Gasteiger partial charge in [0.25, 0.3) is 5.69 Å². The zero-order valence-electron chi connectivity index (χ0n) is 25.4. The number of aromatic hydroxyl groups is 1. The number of ether oxygens (including phenoxy) is 1. The molecule has 2 aliphatic heterocycles. The number of phenols is 1. The van der Waals surface area contributed by atoms with Crippen LogP contribution in [0, 0.1) is 45.0 Å². The summed E-state index contributed by atoms with van der Waals surface area (Å²) in [6, 6.07) is 11.7. The van der Waals surface area contributed by atoms with E-state index in [-0.39, 0.29) is 51.4 Å². The molecule has 0 radical (unpaired) electrons. The molecule has 3 fully saturated rings. The van der Waals surface area contributed by atoms with Gasteiger partial charge in [0.05, 0.1) is 56.6 Å². The van der Waals surface area contributed by atoms with Crippen LogP contribution in [0.15, 0.2) is 66.2 Å². The third kappa shape index (κ3) is 4.38. The molecule has 11 nitrogen and oxygen atoms in total. The Morgan fingerprint density at radius 2 is 1.62 bits per heavy atom. The standard InChI is InChI=1S/C34H26Cl2FN3O8/c1-34-22(31(43)39(33(34)45)18-7-10-25(37)23(35)13-18)14-21-19(28(34)15-11-24(36)29(41)26(12-15)48-2)8-9-20-27(21)32(44)38(30(20)42)16-3-5-17(6-4-16)40(46)47/h3-8,10-13,20-22,27-28,41H,9,14H2,1-2H3/t20-,21+,22-,27-,28-,34+/m0/s1. The summed E-state index contributed by atoms with van der Waals surface area (Å²) in [6.07, 6.45) is 2.04. The van der Waals surface area contributed by atoms with Crippen LogP contribution in [0.4, 0.5) is 21.5 Å². The average Bonchev–Trinajstić information content (AvgIpc) is 3.43. The summed E-state index contributed by atoms with van der Waals surface area (Å²) < 4.78 is 19.5. The fraction of sp³-hybridized carbons (Fsp3) is 0.294. The number of nitrogens with zero attached hydrogens (tertiary/aromatic N) is 3. The minimum Gasteiger partial charge on any atom is -0.503 e. The highest BCUT2D eigenvalue weighted by Crippen LogP contribution is 2.64. The van der Waals surface area contributed by atoms with E-state index in [4.69, 9.17) is 27.9 Å². The number of benzene rings is 3. The van der Waals surface area contributed by atoms with Crippen molar-refractivity contribution in [3.8, 4) is 11.5 Å². The predicted molar refractivity (Wildman–Crippen MR) is 171 cm³/mol. The van der Waals surface area contributed by atoms with E-state index >= 15 is 0 Å². The van der Waals surface area contributed by atoms with Crippen LogP contribution >= 0.6 is 23.2 Å². The van der Waals surface area contributed by atoms with Crippen molar-refractivity contribution < 1.29 is 38.3 Å². The molecule has 1 N–H and O–H groups in total. The number of hydrogen-bond donors (Lipinski definition) is 1. The van der Waals surface area contributed by atoms with Crippen LogP contribution in [0.3, 0.4) is 0 Å². The number of rotatable bonds is 5. The number of nitro benzene ring substituents is 1. The second-order valence-electron chi connectivity index (χ2n) is 12.6. The first kappa shape index (κ1) is 31.8. The number of anilines is 2. The van der Waals surface area contributed by atoms with Gasteiger partial charge < -0.3 is 9.84 Å². The number of allylic oxidation sites excluding steroid dienone is 2. The van der Waals surface area contributed by atoms with E-state index in [0.29, 0.717) is 11.1 Å². The number of hydrogen-bond acceptors (Lipinski definition) is 8. The molecule has 2 aliphatic carbocycles. The van der Waals surface area contributed by atoms with Gasteiger partial charge in [0, 0.05) is 18.1 Å². The van der Waals surface area contributed by atoms with Crippen molar-refractivity contribution in [3.63, 3.8) is 0 Å². The van der Waals surface area contributed by atoms with Crippen molar-refractivity contribution in [2.45, 2.75) is 25.7 Å². The number of non-ortho nitro benzene ring substituents is 1.